The van der Waals surface area contributed by atoms with E-state index in [2.05, 4.69) is 0 Å². The molecular formula is C13H14O4S2. The first kappa shape index (κ1) is 13.9. The van der Waals surface area contributed by atoms with Crippen LogP contribution in [0.4, 0.5) is 0 Å². The van der Waals surface area contributed by atoms with Gasteiger partial charge in [-0.2, -0.15) is 8.42 Å². The molecule has 1 aromatic heterocycles. The molecule has 0 bridgehead atoms. The van der Waals surface area contributed by atoms with E-state index in [1.807, 2.05) is 13.8 Å². The van der Waals surface area contributed by atoms with Crippen molar-refractivity contribution in [1.29, 1.82) is 0 Å². The number of methoxy groups -OCH3 is 1. The highest BCUT2D eigenvalue weighted by atomic mass is 32.3. The zero-order valence-electron chi connectivity index (χ0n) is 10.8. The predicted octanol–water partition coefficient (Wildman–Crippen LogP) is 3.14. The summed E-state index contributed by atoms with van der Waals surface area (Å²) >= 11 is 1.18. The van der Waals surface area contributed by atoms with Crippen LogP contribution in [0.3, 0.4) is 0 Å². The quantitative estimate of drug-likeness (QED) is 0.814. The summed E-state index contributed by atoms with van der Waals surface area (Å²) < 4.78 is 34.7. The van der Waals surface area contributed by atoms with Crippen molar-refractivity contribution in [3.8, 4) is 11.5 Å². The molecule has 0 spiro atoms. The first-order valence-electron chi connectivity index (χ1n) is 5.58. The molecule has 0 radical (unpaired) electrons. The van der Waals surface area contributed by atoms with Gasteiger partial charge in [-0.3, -0.25) is 0 Å². The molecule has 0 saturated carbocycles. The van der Waals surface area contributed by atoms with Crippen LogP contribution in [0.2, 0.25) is 0 Å². The molecule has 0 saturated heterocycles. The Morgan fingerprint density at radius 2 is 1.79 bits per heavy atom. The highest BCUT2D eigenvalue weighted by molar-refractivity contribution is 7.89. The average molecular weight is 298 g/mol. The molecular weight excluding hydrogens is 284 g/mol. The van der Waals surface area contributed by atoms with Crippen molar-refractivity contribution in [2.24, 2.45) is 0 Å². The largest absolute Gasteiger partial charge is 0.493 e. The van der Waals surface area contributed by atoms with Crippen LogP contribution in [0.5, 0.6) is 11.5 Å². The zero-order valence-corrected chi connectivity index (χ0v) is 12.5. The Bertz CT molecular complexity index is 686. The summed E-state index contributed by atoms with van der Waals surface area (Å²) in [6.07, 6.45) is 0. The third-order valence-electron chi connectivity index (χ3n) is 2.48. The highest BCUT2D eigenvalue weighted by Gasteiger charge is 2.20. The van der Waals surface area contributed by atoms with Crippen LogP contribution in [-0.2, 0) is 10.1 Å². The molecule has 4 nitrogen and oxygen atoms in total. The molecule has 19 heavy (non-hydrogen) atoms. The number of ether oxygens (including phenoxy) is 1. The summed E-state index contributed by atoms with van der Waals surface area (Å²) in [6.45, 7) is 3.74. The molecule has 0 aliphatic carbocycles. The van der Waals surface area contributed by atoms with E-state index in [-0.39, 0.29) is 9.96 Å². The Balaban J connectivity index is 2.35. The van der Waals surface area contributed by atoms with Crippen LogP contribution < -0.4 is 8.92 Å². The van der Waals surface area contributed by atoms with Gasteiger partial charge in [0.25, 0.3) is 0 Å². The molecule has 1 heterocycles. The molecule has 0 unspecified atom stereocenters. The lowest BCUT2D eigenvalue weighted by Crippen LogP contribution is -2.08. The topological polar surface area (TPSA) is 52.6 Å². The Labute approximate surface area is 116 Å². The van der Waals surface area contributed by atoms with Crippen molar-refractivity contribution < 1.29 is 17.3 Å². The van der Waals surface area contributed by atoms with Crippen LogP contribution in [0.25, 0.3) is 0 Å². The van der Waals surface area contributed by atoms with Crippen molar-refractivity contribution in [3.05, 3.63) is 40.8 Å². The Morgan fingerprint density at radius 3 is 2.37 bits per heavy atom. The van der Waals surface area contributed by atoms with E-state index in [4.69, 9.17) is 8.92 Å². The van der Waals surface area contributed by atoms with Crippen molar-refractivity contribution >= 4 is 21.5 Å². The SMILES string of the molecule is COc1cc(C)ccc1OS(=O)(=O)c1ccc(C)s1. The summed E-state index contributed by atoms with van der Waals surface area (Å²) in [7, 11) is -2.32. The van der Waals surface area contributed by atoms with E-state index in [1.165, 1.54) is 24.5 Å². The molecule has 6 heteroatoms. The third-order valence-corrected chi connectivity index (χ3v) is 5.17. The minimum Gasteiger partial charge on any atom is -0.493 e. The van der Waals surface area contributed by atoms with Gasteiger partial charge in [0.15, 0.2) is 15.7 Å². The van der Waals surface area contributed by atoms with Gasteiger partial charge in [0.2, 0.25) is 0 Å². The molecule has 102 valence electrons. The van der Waals surface area contributed by atoms with Crippen molar-refractivity contribution in [2.75, 3.05) is 7.11 Å². The lowest BCUT2D eigenvalue weighted by Gasteiger charge is -2.10. The van der Waals surface area contributed by atoms with Crippen molar-refractivity contribution in [1.82, 2.24) is 0 Å². The maximum Gasteiger partial charge on any atom is 0.348 e. The maximum atomic E-state index is 12.1. The van der Waals surface area contributed by atoms with Gasteiger partial charge in [0.05, 0.1) is 7.11 Å². The van der Waals surface area contributed by atoms with Crippen LogP contribution in [0.1, 0.15) is 10.4 Å². The van der Waals surface area contributed by atoms with E-state index < -0.39 is 10.1 Å². The lowest BCUT2D eigenvalue weighted by molar-refractivity contribution is 0.390. The fourth-order valence-corrected chi connectivity index (χ4v) is 3.73. The molecule has 2 aromatic rings. The van der Waals surface area contributed by atoms with Gasteiger partial charge in [-0.25, -0.2) is 0 Å². The second kappa shape index (κ2) is 5.22. The molecule has 0 aliphatic rings. The van der Waals surface area contributed by atoms with Crippen molar-refractivity contribution in [3.63, 3.8) is 0 Å². The predicted molar refractivity (Wildman–Crippen MR) is 74.6 cm³/mol. The second-order valence-corrected chi connectivity index (χ2v) is 7.12. The fourth-order valence-electron chi connectivity index (χ4n) is 1.55. The number of hydrogen-bond acceptors (Lipinski definition) is 5. The van der Waals surface area contributed by atoms with Crippen LogP contribution in [0.15, 0.2) is 34.5 Å². The molecule has 2 rings (SSSR count). The smallest absolute Gasteiger partial charge is 0.348 e. The summed E-state index contributed by atoms with van der Waals surface area (Å²) in [4.78, 5) is 0.915. The fraction of sp³-hybridized carbons (Fsp3) is 0.231. The first-order chi connectivity index (χ1) is 8.92. The third kappa shape index (κ3) is 3.08. The average Bonchev–Trinajstić information content (AvgIpc) is 2.79. The number of benzene rings is 1. The van der Waals surface area contributed by atoms with Gasteiger partial charge < -0.3 is 8.92 Å². The van der Waals surface area contributed by atoms with Crippen LogP contribution >= 0.6 is 11.3 Å². The van der Waals surface area contributed by atoms with Gasteiger partial charge in [0.1, 0.15) is 0 Å². The zero-order chi connectivity index (χ0) is 14.0. The molecule has 0 fully saturated rings. The minimum atomic E-state index is -3.80. The van der Waals surface area contributed by atoms with Crippen LogP contribution in [-0.4, -0.2) is 15.5 Å². The lowest BCUT2D eigenvalue weighted by atomic mass is 10.2. The number of rotatable bonds is 4. The molecule has 0 N–H and O–H groups in total. The molecule has 0 amide bonds. The van der Waals surface area contributed by atoms with Gasteiger partial charge in [0, 0.05) is 4.88 Å². The number of aryl methyl sites for hydroxylation is 2. The monoisotopic (exact) mass is 298 g/mol. The van der Waals surface area contributed by atoms with E-state index in [1.54, 1.807) is 24.3 Å². The van der Waals surface area contributed by atoms with Gasteiger partial charge >= 0.3 is 10.1 Å². The Morgan fingerprint density at radius 1 is 1.05 bits per heavy atom. The first-order valence-corrected chi connectivity index (χ1v) is 7.80. The number of thiophene rings is 1. The number of hydrogen-bond donors (Lipinski definition) is 0. The summed E-state index contributed by atoms with van der Waals surface area (Å²) in [5.41, 5.74) is 0.966. The minimum absolute atomic E-state index is 0.188. The van der Waals surface area contributed by atoms with E-state index in [9.17, 15) is 8.42 Å². The standard InChI is InChI=1S/C13H14O4S2/c1-9-4-6-11(12(8-9)16-3)17-19(14,15)13-7-5-10(2)18-13/h4-8H,1-3H3. The van der Waals surface area contributed by atoms with Crippen molar-refractivity contribution in [2.45, 2.75) is 18.1 Å². The maximum absolute atomic E-state index is 12.1. The summed E-state index contributed by atoms with van der Waals surface area (Å²) in [5, 5.41) is 0. The Hall–Kier alpha value is -1.53. The molecule has 0 atom stereocenters. The normalized spacial score (nSPS) is 11.3. The van der Waals surface area contributed by atoms with E-state index in [0.717, 1.165) is 10.4 Å². The Kier molecular flexibility index (Phi) is 3.82. The van der Waals surface area contributed by atoms with E-state index >= 15 is 0 Å². The van der Waals surface area contributed by atoms with E-state index in [0.29, 0.717) is 5.75 Å². The summed E-state index contributed by atoms with van der Waals surface area (Å²) in [6, 6.07) is 8.37. The molecule has 0 aliphatic heterocycles. The van der Waals surface area contributed by atoms with Crippen LogP contribution in [0, 0.1) is 13.8 Å². The summed E-state index contributed by atoms with van der Waals surface area (Å²) in [5.74, 6) is 0.594. The van der Waals surface area contributed by atoms with Gasteiger partial charge in [-0.05, 0) is 43.7 Å². The van der Waals surface area contributed by atoms with Gasteiger partial charge in [-0.15, -0.1) is 11.3 Å². The van der Waals surface area contributed by atoms with Gasteiger partial charge in [-0.1, -0.05) is 6.07 Å². The molecule has 1 aromatic carbocycles. The second-order valence-electron chi connectivity index (χ2n) is 4.06. The highest BCUT2D eigenvalue weighted by Crippen LogP contribution is 2.32.